The van der Waals surface area contributed by atoms with Crippen LogP contribution in [0.3, 0.4) is 0 Å². The van der Waals surface area contributed by atoms with Crippen molar-refractivity contribution < 1.29 is 28.7 Å². The summed E-state index contributed by atoms with van der Waals surface area (Å²) in [7, 11) is 0. The van der Waals surface area contributed by atoms with Gasteiger partial charge < -0.3 is 36.6 Å². The maximum Gasteiger partial charge on any atom is 0.328 e. The van der Waals surface area contributed by atoms with Crippen molar-refractivity contribution in [2.45, 2.75) is 38.5 Å². The molecule has 1 heterocycles. The van der Waals surface area contributed by atoms with Crippen molar-refractivity contribution in [3.63, 3.8) is 0 Å². The fourth-order valence-corrected chi connectivity index (χ4v) is 5.47. The molecule has 52 heavy (non-hydrogen) atoms. The quantitative estimate of drug-likeness (QED) is 0.0454. The van der Waals surface area contributed by atoms with Gasteiger partial charge in [-0.3, -0.25) is 25.2 Å². The molecule has 0 saturated heterocycles. The topological polar surface area (TPSA) is 226 Å². The predicted molar refractivity (Wildman–Crippen MR) is 196 cm³/mol. The third kappa shape index (κ3) is 9.91. The van der Waals surface area contributed by atoms with E-state index in [-0.39, 0.29) is 44.1 Å². The van der Waals surface area contributed by atoms with E-state index in [0.29, 0.717) is 27.9 Å². The molecular weight excluding hydrogens is 662 g/mol. The van der Waals surface area contributed by atoms with Crippen LogP contribution >= 0.6 is 0 Å². The number of nitrogens with one attached hydrogen (secondary N) is 5. The first-order chi connectivity index (χ1) is 25.1. The van der Waals surface area contributed by atoms with Gasteiger partial charge in [-0.15, -0.1) is 0 Å². The lowest BCUT2D eigenvalue weighted by atomic mass is 10.0. The maximum absolute atomic E-state index is 13.3. The first-order valence-corrected chi connectivity index (χ1v) is 16.5. The lowest BCUT2D eigenvalue weighted by Gasteiger charge is -2.18. The molecule has 0 aliphatic heterocycles. The second-order valence-electron chi connectivity index (χ2n) is 12.0. The van der Waals surface area contributed by atoms with Crippen LogP contribution in [0.2, 0.25) is 0 Å². The fourth-order valence-electron chi connectivity index (χ4n) is 5.47. The van der Waals surface area contributed by atoms with Gasteiger partial charge in [0.1, 0.15) is 30.9 Å². The highest BCUT2D eigenvalue weighted by Crippen LogP contribution is 2.32. The zero-order valence-electron chi connectivity index (χ0n) is 28.2. The van der Waals surface area contributed by atoms with Crippen molar-refractivity contribution in [3.05, 3.63) is 131 Å². The zero-order valence-corrected chi connectivity index (χ0v) is 28.2. The number of nitrogens with two attached hydrogens (primary N) is 2. The number of amidine groups is 2. The average Bonchev–Trinajstić information content (AvgIpc) is 3.51. The van der Waals surface area contributed by atoms with Gasteiger partial charge in [0.2, 0.25) is 11.8 Å². The average molecular weight is 702 g/mol. The van der Waals surface area contributed by atoms with E-state index in [0.717, 1.165) is 22.1 Å². The second-order valence-corrected chi connectivity index (χ2v) is 12.0. The van der Waals surface area contributed by atoms with E-state index in [9.17, 15) is 19.2 Å². The number of fused-ring (bicyclic) bond motifs is 1. The van der Waals surface area contributed by atoms with Gasteiger partial charge >= 0.3 is 11.9 Å². The van der Waals surface area contributed by atoms with Crippen LogP contribution in [-0.4, -0.2) is 53.0 Å². The minimum atomic E-state index is -1.17. The summed E-state index contributed by atoms with van der Waals surface area (Å²) in [5, 5.41) is 21.4. The van der Waals surface area contributed by atoms with Crippen LogP contribution in [0.1, 0.15) is 40.7 Å². The summed E-state index contributed by atoms with van der Waals surface area (Å²) >= 11 is 0. The van der Waals surface area contributed by atoms with Crippen LogP contribution in [0, 0.1) is 10.8 Å². The van der Waals surface area contributed by atoms with E-state index in [1.54, 1.807) is 66.7 Å². The number of esters is 2. The number of amides is 2. The van der Waals surface area contributed by atoms with Gasteiger partial charge in [0.05, 0.1) is 18.7 Å². The van der Waals surface area contributed by atoms with Crippen LogP contribution in [0.5, 0.6) is 0 Å². The number of H-pyrrole nitrogens is 1. The summed E-state index contributed by atoms with van der Waals surface area (Å²) in [5.74, 6) is -2.60. The van der Waals surface area contributed by atoms with Crippen molar-refractivity contribution in [3.8, 4) is 11.3 Å². The van der Waals surface area contributed by atoms with Crippen LogP contribution in [0.4, 0.5) is 0 Å². The molecule has 13 nitrogen and oxygen atoms in total. The molecule has 0 radical (unpaired) electrons. The van der Waals surface area contributed by atoms with Crippen molar-refractivity contribution in [2.24, 2.45) is 11.5 Å². The Labute approximate surface area is 299 Å². The standard InChI is InChI=1S/C39H39N7O6/c40-37(41)27-13-11-26(12-14-27)36-30(29-16-15-28(38(42)43)19-32(29)46-36)20-33(47)44-21-34(48)45-31(39(50)52-23-25-9-5-2-6-10-25)17-18-35(49)51-22-24-7-3-1-4-8-24/h1-16,19,31,46H,17-18,20-23H2,(H3,40,41)(H3,42,43)(H,44,47)(H,45,48). The Hall–Kier alpha value is -6.76. The summed E-state index contributed by atoms with van der Waals surface area (Å²) in [6, 6.07) is 29.1. The molecule has 2 amide bonds. The third-order valence-corrected chi connectivity index (χ3v) is 8.21. The smallest absolute Gasteiger partial charge is 0.328 e. The second kappa shape index (κ2) is 17.3. The van der Waals surface area contributed by atoms with Gasteiger partial charge in [0.15, 0.2) is 0 Å². The number of carbonyl (C=O) groups excluding carboxylic acids is 4. The van der Waals surface area contributed by atoms with Gasteiger partial charge in [-0.2, -0.15) is 0 Å². The molecular formula is C39H39N7O6. The molecule has 9 N–H and O–H groups in total. The minimum absolute atomic E-state index is 0.0282. The van der Waals surface area contributed by atoms with Gasteiger partial charge in [-0.05, 0) is 34.7 Å². The molecule has 0 aliphatic rings. The normalized spacial score (nSPS) is 11.3. The van der Waals surface area contributed by atoms with E-state index in [1.165, 1.54) is 0 Å². The van der Waals surface area contributed by atoms with E-state index >= 15 is 0 Å². The monoisotopic (exact) mass is 701 g/mol. The summed E-state index contributed by atoms with van der Waals surface area (Å²) in [4.78, 5) is 55.3. The lowest BCUT2D eigenvalue weighted by molar-refractivity contribution is -0.150. The summed E-state index contributed by atoms with van der Waals surface area (Å²) in [5.41, 5.74) is 16.6. The van der Waals surface area contributed by atoms with Gasteiger partial charge in [-0.25, -0.2) is 4.79 Å². The first-order valence-electron chi connectivity index (χ1n) is 16.5. The SMILES string of the molecule is N=C(N)c1ccc(-c2[nH]c3cc(C(=N)N)ccc3c2CC(=O)NCC(=O)NC(CCC(=O)OCc2ccccc2)C(=O)OCc2ccccc2)cc1. The van der Waals surface area contributed by atoms with Crippen LogP contribution in [-0.2, 0) is 48.3 Å². The number of aromatic nitrogens is 1. The lowest BCUT2D eigenvalue weighted by Crippen LogP contribution is -2.46. The van der Waals surface area contributed by atoms with Crippen molar-refractivity contribution in [2.75, 3.05) is 6.54 Å². The maximum atomic E-state index is 13.3. The number of aromatic amines is 1. The van der Waals surface area contributed by atoms with E-state index in [4.69, 9.17) is 31.8 Å². The van der Waals surface area contributed by atoms with E-state index < -0.39 is 36.3 Å². The molecule has 0 saturated carbocycles. The number of carbonyl (C=O) groups is 4. The van der Waals surface area contributed by atoms with Crippen LogP contribution in [0.15, 0.2) is 103 Å². The number of nitrogen functional groups attached to an aromatic ring is 2. The third-order valence-electron chi connectivity index (χ3n) is 8.21. The van der Waals surface area contributed by atoms with Gasteiger partial charge in [0, 0.05) is 28.5 Å². The van der Waals surface area contributed by atoms with Gasteiger partial charge in [0.25, 0.3) is 0 Å². The molecule has 1 unspecified atom stereocenters. The van der Waals surface area contributed by atoms with E-state index in [1.807, 2.05) is 36.4 Å². The molecule has 1 aromatic heterocycles. The van der Waals surface area contributed by atoms with E-state index in [2.05, 4.69) is 15.6 Å². The largest absolute Gasteiger partial charge is 0.461 e. The number of hydrogen-bond donors (Lipinski definition) is 7. The predicted octanol–water partition coefficient (Wildman–Crippen LogP) is 3.81. The highest BCUT2D eigenvalue weighted by Gasteiger charge is 2.25. The molecule has 0 aliphatic carbocycles. The zero-order chi connectivity index (χ0) is 37.0. The van der Waals surface area contributed by atoms with Crippen molar-refractivity contribution >= 4 is 46.3 Å². The fraction of sp³-hybridized carbons (Fsp3) is 0.179. The highest BCUT2D eigenvalue weighted by molar-refractivity contribution is 6.02. The number of rotatable bonds is 16. The number of benzene rings is 4. The van der Waals surface area contributed by atoms with Crippen molar-refractivity contribution in [1.29, 1.82) is 10.8 Å². The summed E-state index contributed by atoms with van der Waals surface area (Å²) < 4.78 is 10.8. The molecule has 5 rings (SSSR count). The van der Waals surface area contributed by atoms with Crippen LogP contribution < -0.4 is 22.1 Å². The summed E-state index contributed by atoms with van der Waals surface area (Å²) in [6.45, 7) is -0.403. The molecule has 5 aromatic rings. The molecule has 1 atom stereocenters. The minimum Gasteiger partial charge on any atom is -0.461 e. The molecule has 0 fully saturated rings. The number of ether oxygens (including phenoxy) is 2. The molecule has 266 valence electrons. The Morgan fingerprint density at radius 3 is 1.94 bits per heavy atom. The Morgan fingerprint density at radius 1 is 0.731 bits per heavy atom. The molecule has 4 aromatic carbocycles. The van der Waals surface area contributed by atoms with Crippen LogP contribution in [0.25, 0.3) is 22.2 Å². The molecule has 13 heteroatoms. The highest BCUT2D eigenvalue weighted by atomic mass is 16.5. The Kier molecular flexibility index (Phi) is 12.1. The van der Waals surface area contributed by atoms with Crippen molar-refractivity contribution in [1.82, 2.24) is 15.6 Å². The number of hydrogen-bond acceptors (Lipinski definition) is 8. The first kappa shape index (κ1) is 36.5. The van der Waals surface area contributed by atoms with Gasteiger partial charge in [-0.1, -0.05) is 97.1 Å². The Morgan fingerprint density at radius 2 is 1.33 bits per heavy atom. The summed E-state index contributed by atoms with van der Waals surface area (Å²) in [6.07, 6.45) is -0.358. The molecule has 0 bridgehead atoms. The Bertz CT molecular complexity index is 2080. The Balaban J connectivity index is 1.24. The molecule has 0 spiro atoms.